The summed E-state index contributed by atoms with van der Waals surface area (Å²) in [6.07, 6.45) is 2.83. The summed E-state index contributed by atoms with van der Waals surface area (Å²) in [7, 11) is 0. The number of aryl methyl sites for hydroxylation is 2. The zero-order chi connectivity index (χ0) is 26.2. The van der Waals surface area contributed by atoms with Crippen molar-refractivity contribution in [3.63, 3.8) is 0 Å². The van der Waals surface area contributed by atoms with Gasteiger partial charge in [-0.25, -0.2) is 9.97 Å². The van der Waals surface area contributed by atoms with Crippen molar-refractivity contribution in [3.8, 4) is 11.1 Å². The van der Waals surface area contributed by atoms with Gasteiger partial charge in [0.05, 0.1) is 15.9 Å². The molecule has 0 bridgehead atoms. The summed E-state index contributed by atoms with van der Waals surface area (Å²) in [4.78, 5) is 12.1. The van der Waals surface area contributed by atoms with Gasteiger partial charge < -0.3 is 10.2 Å². The van der Waals surface area contributed by atoms with E-state index >= 15 is 0 Å². The molecule has 0 aliphatic carbocycles. The number of para-hydroxylation sites is 1. The second-order valence-electron chi connectivity index (χ2n) is 9.83. The zero-order valence-electron chi connectivity index (χ0n) is 21.8. The van der Waals surface area contributed by atoms with Crippen LogP contribution in [0.5, 0.6) is 0 Å². The molecule has 188 valence electrons. The molecule has 0 radical (unpaired) electrons. The number of hydrogen-bond donors (Lipinski definition) is 1. The predicted molar refractivity (Wildman–Crippen MR) is 163 cm³/mol. The molecule has 0 spiro atoms. The lowest BCUT2D eigenvalue weighted by molar-refractivity contribution is 0.719. The zero-order valence-corrected chi connectivity index (χ0v) is 22.6. The van der Waals surface area contributed by atoms with Gasteiger partial charge in [0.1, 0.15) is 5.82 Å². The maximum Gasteiger partial charge on any atom is 0.188 e. The van der Waals surface area contributed by atoms with Crippen molar-refractivity contribution in [3.05, 3.63) is 119 Å². The number of thiazole rings is 1. The number of nitrogens with zero attached hydrogens (tertiary/aromatic N) is 3. The fraction of sp³-hybridized carbons (Fsp3) is 0.152. The molecule has 5 aromatic rings. The summed E-state index contributed by atoms with van der Waals surface area (Å²) in [5, 5.41) is 4.33. The first kappa shape index (κ1) is 24.1. The van der Waals surface area contributed by atoms with Crippen LogP contribution in [0.1, 0.15) is 33.5 Å². The van der Waals surface area contributed by atoms with Crippen molar-refractivity contribution >= 4 is 44.3 Å². The fourth-order valence-electron chi connectivity index (χ4n) is 5.32. The van der Waals surface area contributed by atoms with E-state index in [-0.39, 0.29) is 0 Å². The predicted octanol–water partition coefficient (Wildman–Crippen LogP) is 8.26. The number of nitrogens with one attached hydrogen (secondary N) is 1. The van der Waals surface area contributed by atoms with Crippen molar-refractivity contribution < 1.29 is 0 Å². The van der Waals surface area contributed by atoms with Crippen molar-refractivity contribution in [2.75, 3.05) is 16.8 Å². The van der Waals surface area contributed by atoms with E-state index in [9.17, 15) is 0 Å². The van der Waals surface area contributed by atoms with E-state index in [1.807, 2.05) is 24.3 Å². The van der Waals surface area contributed by atoms with Gasteiger partial charge >= 0.3 is 0 Å². The number of hydrogen-bond acceptors (Lipinski definition) is 5. The van der Waals surface area contributed by atoms with Crippen LogP contribution >= 0.6 is 11.3 Å². The highest BCUT2D eigenvalue weighted by Gasteiger charge is 2.22. The van der Waals surface area contributed by atoms with E-state index in [2.05, 4.69) is 91.8 Å². The number of rotatable bonds is 6. The summed E-state index contributed by atoms with van der Waals surface area (Å²) in [6.45, 7) is 14.4. The lowest BCUT2D eigenvalue weighted by atomic mass is 9.93. The summed E-state index contributed by atoms with van der Waals surface area (Å²) in [5.41, 5.74) is 11.4. The molecule has 0 saturated carbocycles. The molecule has 0 amide bonds. The van der Waals surface area contributed by atoms with E-state index < -0.39 is 0 Å². The van der Waals surface area contributed by atoms with Gasteiger partial charge in [-0.15, -0.1) is 0 Å². The molecule has 1 N–H and O–H groups in total. The number of pyridine rings is 1. The highest BCUT2D eigenvalue weighted by molar-refractivity contribution is 7.22. The normalized spacial score (nSPS) is 12.8. The van der Waals surface area contributed by atoms with E-state index in [0.717, 1.165) is 63.2 Å². The summed E-state index contributed by atoms with van der Waals surface area (Å²) in [6, 6.07) is 25.6. The van der Waals surface area contributed by atoms with Crippen LogP contribution < -0.4 is 10.2 Å². The Morgan fingerprint density at radius 1 is 0.974 bits per heavy atom. The number of benzene rings is 3. The maximum atomic E-state index is 5.06. The third-order valence-corrected chi connectivity index (χ3v) is 8.20. The Kier molecular flexibility index (Phi) is 6.30. The Bertz CT molecular complexity index is 1660. The Balaban J connectivity index is 1.28. The monoisotopic (exact) mass is 514 g/mol. The molecule has 0 unspecified atom stereocenters. The largest absolute Gasteiger partial charge is 0.352 e. The third-order valence-electron chi connectivity index (χ3n) is 7.25. The highest BCUT2D eigenvalue weighted by Crippen LogP contribution is 2.34. The average molecular weight is 515 g/mol. The molecule has 0 saturated heterocycles. The van der Waals surface area contributed by atoms with Gasteiger partial charge in [0.25, 0.3) is 0 Å². The molecule has 0 atom stereocenters. The maximum absolute atomic E-state index is 5.06. The standard InChI is InChI=1S/C33H30N4S/c1-5-29-27(25-14-13-21(2)19-22(25)3)15-16-32(35-29)37-18-17-24-9-8-10-26(28(24)20-37)23(4)34-33-36-30-11-6-7-12-31(30)38-33/h5-16,19H,1,4,17-18,20H2,2-3H3,(H,34,36). The van der Waals surface area contributed by atoms with Crippen molar-refractivity contribution in [2.24, 2.45) is 0 Å². The lowest BCUT2D eigenvalue weighted by Crippen LogP contribution is -2.32. The van der Waals surface area contributed by atoms with Gasteiger partial charge in [0, 0.05) is 29.9 Å². The van der Waals surface area contributed by atoms with Gasteiger partial charge in [-0.3, -0.25) is 0 Å². The molecule has 3 aromatic carbocycles. The van der Waals surface area contributed by atoms with Gasteiger partial charge in [-0.1, -0.05) is 78.6 Å². The highest BCUT2D eigenvalue weighted by atomic mass is 32.1. The Morgan fingerprint density at radius 2 is 1.82 bits per heavy atom. The molecule has 3 heterocycles. The minimum Gasteiger partial charge on any atom is -0.352 e. The Labute approximate surface area is 228 Å². The molecule has 1 aliphatic rings. The van der Waals surface area contributed by atoms with Crippen LogP contribution in [-0.4, -0.2) is 16.5 Å². The van der Waals surface area contributed by atoms with E-state index in [1.54, 1.807) is 11.3 Å². The van der Waals surface area contributed by atoms with Crippen LogP contribution in [0.15, 0.2) is 86.0 Å². The SMILES string of the molecule is C=Cc1nc(N2CCc3cccc(C(=C)Nc4nc5ccccc5s4)c3C2)ccc1-c1ccc(C)cc1C. The van der Waals surface area contributed by atoms with Crippen LogP contribution in [-0.2, 0) is 13.0 Å². The minimum absolute atomic E-state index is 0.776. The topological polar surface area (TPSA) is 41.1 Å². The molecule has 6 rings (SSSR count). The first-order valence-corrected chi connectivity index (χ1v) is 13.7. The second-order valence-corrected chi connectivity index (χ2v) is 10.9. The van der Waals surface area contributed by atoms with Crippen LogP contribution in [0, 0.1) is 13.8 Å². The molecular weight excluding hydrogens is 484 g/mol. The van der Waals surface area contributed by atoms with Gasteiger partial charge in [-0.2, -0.15) is 0 Å². The molecule has 38 heavy (non-hydrogen) atoms. The molecule has 2 aromatic heterocycles. The Hall–Kier alpha value is -4.22. The van der Waals surface area contributed by atoms with Crippen molar-refractivity contribution in [1.82, 2.24) is 9.97 Å². The summed E-state index contributed by atoms with van der Waals surface area (Å²) >= 11 is 1.65. The fourth-order valence-corrected chi connectivity index (χ4v) is 6.21. The smallest absolute Gasteiger partial charge is 0.188 e. The molecule has 0 fully saturated rings. The van der Waals surface area contributed by atoms with Gasteiger partial charge in [-0.05, 0) is 72.9 Å². The van der Waals surface area contributed by atoms with Gasteiger partial charge in [0.2, 0.25) is 0 Å². The van der Waals surface area contributed by atoms with Crippen LogP contribution in [0.25, 0.3) is 33.1 Å². The van der Waals surface area contributed by atoms with E-state index in [4.69, 9.17) is 9.97 Å². The van der Waals surface area contributed by atoms with Crippen LogP contribution in [0.4, 0.5) is 10.9 Å². The molecular formula is C33H30N4S. The molecule has 1 aliphatic heterocycles. The number of fused-ring (bicyclic) bond motifs is 2. The molecule has 4 nitrogen and oxygen atoms in total. The minimum atomic E-state index is 0.776. The first-order chi connectivity index (χ1) is 18.5. The van der Waals surface area contributed by atoms with Crippen molar-refractivity contribution in [2.45, 2.75) is 26.8 Å². The number of aromatic nitrogens is 2. The lowest BCUT2D eigenvalue weighted by Gasteiger charge is -2.32. The van der Waals surface area contributed by atoms with E-state index in [1.165, 1.54) is 27.8 Å². The quantitative estimate of drug-likeness (QED) is 0.248. The summed E-state index contributed by atoms with van der Waals surface area (Å²) < 4.78 is 1.16. The average Bonchev–Trinajstić information content (AvgIpc) is 3.34. The summed E-state index contributed by atoms with van der Waals surface area (Å²) in [5.74, 6) is 0.971. The third kappa shape index (κ3) is 4.50. The van der Waals surface area contributed by atoms with Crippen LogP contribution in [0.2, 0.25) is 0 Å². The van der Waals surface area contributed by atoms with Gasteiger partial charge in [0.15, 0.2) is 5.13 Å². The second kappa shape index (κ2) is 9.92. The molecule has 5 heteroatoms. The van der Waals surface area contributed by atoms with Crippen molar-refractivity contribution in [1.29, 1.82) is 0 Å². The Morgan fingerprint density at radius 3 is 2.63 bits per heavy atom. The number of anilines is 2. The first-order valence-electron chi connectivity index (χ1n) is 12.9. The van der Waals surface area contributed by atoms with E-state index in [0.29, 0.717) is 0 Å². The van der Waals surface area contributed by atoms with Crippen LogP contribution in [0.3, 0.4) is 0 Å².